The summed E-state index contributed by atoms with van der Waals surface area (Å²) in [5.41, 5.74) is 7.04. The summed E-state index contributed by atoms with van der Waals surface area (Å²) in [7, 11) is 2.77. The number of hydrogen-bond acceptors (Lipinski definition) is 8. The first kappa shape index (κ1) is 37.1. The van der Waals surface area contributed by atoms with Crippen LogP contribution in [0.1, 0.15) is 68.2 Å². The van der Waals surface area contributed by atoms with Crippen molar-refractivity contribution >= 4 is 17.9 Å². The Kier molecular flexibility index (Phi) is 10.7. The van der Waals surface area contributed by atoms with E-state index >= 15 is 0 Å². The number of rotatable bonds is 12. The summed E-state index contributed by atoms with van der Waals surface area (Å²) in [6.07, 6.45) is 10.9. The standard InChI is InChI=1S/C43H48N8O5/c1-25(55-2)38(50-43(54)56-3)42(53)51-20-4-5-35(51)39-45-23-33(48-39)29-10-6-27(7-11-29)28-8-12-30(13-9-28)34-24-46-40(49-34)36-31-14-15-32(21-31)37(36)41(52)47-22-26-16-18-44-19-17-26/h6-13,16-19,23-25,31-32,35-38H,4-5,14-15,20-22H2,1-3H3,(H,45,48)(H,46,49)(H,47,52)(H,50,54)/t25-,31?,32?,35+,36-,37?,38+/m1/s1. The first-order chi connectivity index (χ1) is 27.3. The van der Waals surface area contributed by atoms with Crippen LogP contribution in [0, 0.1) is 17.8 Å². The van der Waals surface area contributed by atoms with Crippen molar-refractivity contribution in [2.24, 2.45) is 17.8 Å². The second-order valence-corrected chi connectivity index (χ2v) is 15.2. The lowest BCUT2D eigenvalue weighted by molar-refractivity contribution is -0.137. The number of benzene rings is 2. The summed E-state index contributed by atoms with van der Waals surface area (Å²) in [5.74, 6) is 2.37. The van der Waals surface area contributed by atoms with E-state index in [-0.39, 0.29) is 29.7 Å². The highest BCUT2D eigenvalue weighted by Gasteiger charge is 2.52. The average molecular weight is 757 g/mol. The van der Waals surface area contributed by atoms with Crippen LogP contribution in [0.4, 0.5) is 4.79 Å². The summed E-state index contributed by atoms with van der Waals surface area (Å²) in [5, 5.41) is 5.82. The van der Waals surface area contributed by atoms with E-state index < -0.39 is 18.2 Å². The topological polar surface area (TPSA) is 167 Å². The van der Waals surface area contributed by atoms with Crippen molar-refractivity contribution in [3.8, 4) is 33.6 Å². The highest BCUT2D eigenvalue weighted by Crippen LogP contribution is 2.56. The second kappa shape index (κ2) is 16.1. The van der Waals surface area contributed by atoms with Gasteiger partial charge in [0.25, 0.3) is 0 Å². The Bertz CT molecular complexity index is 2150. The predicted molar refractivity (Wildman–Crippen MR) is 210 cm³/mol. The van der Waals surface area contributed by atoms with Crippen molar-refractivity contribution in [3.05, 3.63) is 103 Å². The zero-order chi connectivity index (χ0) is 38.8. The Morgan fingerprint density at radius 1 is 0.821 bits per heavy atom. The molecule has 7 atom stereocenters. The van der Waals surface area contributed by atoms with Gasteiger partial charge in [0.2, 0.25) is 11.8 Å². The lowest BCUT2D eigenvalue weighted by Gasteiger charge is -2.30. The van der Waals surface area contributed by atoms with Crippen molar-refractivity contribution < 1.29 is 23.9 Å². The van der Waals surface area contributed by atoms with Gasteiger partial charge in [0.15, 0.2) is 0 Å². The van der Waals surface area contributed by atoms with Crippen molar-refractivity contribution in [1.29, 1.82) is 0 Å². The number of imidazole rings is 2. The van der Waals surface area contributed by atoms with E-state index in [4.69, 9.17) is 14.5 Å². The molecule has 3 aliphatic rings. The van der Waals surface area contributed by atoms with E-state index in [9.17, 15) is 14.4 Å². The first-order valence-electron chi connectivity index (χ1n) is 19.5. The molecule has 1 saturated heterocycles. The summed E-state index contributed by atoms with van der Waals surface area (Å²) in [6.45, 7) is 2.80. The van der Waals surface area contributed by atoms with Gasteiger partial charge in [-0.2, -0.15) is 0 Å². The number of aromatic nitrogens is 5. The van der Waals surface area contributed by atoms with Crippen LogP contribution in [0.5, 0.6) is 0 Å². The quantitative estimate of drug-likeness (QED) is 0.114. The molecular weight excluding hydrogens is 709 g/mol. The van der Waals surface area contributed by atoms with Gasteiger partial charge < -0.3 is 35.0 Å². The minimum absolute atomic E-state index is 0.0745. The third-order valence-corrected chi connectivity index (χ3v) is 12.1. The van der Waals surface area contributed by atoms with E-state index in [0.29, 0.717) is 30.7 Å². The van der Waals surface area contributed by atoms with Crippen LogP contribution in [-0.4, -0.2) is 80.6 Å². The largest absolute Gasteiger partial charge is 0.453 e. The number of hydrogen-bond donors (Lipinski definition) is 4. The molecule has 3 amide bonds. The number of ether oxygens (including phenoxy) is 2. The van der Waals surface area contributed by atoms with E-state index in [0.717, 1.165) is 77.1 Å². The molecule has 13 heteroatoms. The number of likely N-dealkylation sites (tertiary alicyclic amines) is 1. The minimum Gasteiger partial charge on any atom is -0.453 e. The van der Waals surface area contributed by atoms with Gasteiger partial charge in [-0.05, 0) is 90.8 Å². The van der Waals surface area contributed by atoms with Crippen molar-refractivity contribution in [1.82, 2.24) is 40.5 Å². The number of nitrogens with zero attached hydrogens (tertiary/aromatic N) is 4. The molecule has 1 aliphatic heterocycles. The molecule has 0 radical (unpaired) electrons. The number of nitrogens with one attached hydrogen (secondary N) is 4. The second-order valence-electron chi connectivity index (χ2n) is 15.2. The Morgan fingerprint density at radius 3 is 2.07 bits per heavy atom. The lowest BCUT2D eigenvalue weighted by Crippen LogP contribution is -2.54. The van der Waals surface area contributed by atoms with Crippen molar-refractivity contribution in [3.63, 3.8) is 0 Å². The molecule has 56 heavy (non-hydrogen) atoms. The van der Waals surface area contributed by atoms with Gasteiger partial charge in [0, 0.05) is 38.5 Å². The number of H-pyrrole nitrogens is 2. The fourth-order valence-electron chi connectivity index (χ4n) is 9.05. The lowest BCUT2D eigenvalue weighted by atomic mass is 9.78. The molecule has 2 aromatic carbocycles. The van der Waals surface area contributed by atoms with Crippen LogP contribution < -0.4 is 10.6 Å². The Hall–Kier alpha value is -5.82. The average Bonchev–Trinajstić information content (AvgIpc) is 4.10. The number of carbonyl (C=O) groups is 3. The normalized spacial score (nSPS) is 22.5. The number of amides is 3. The SMILES string of the molecule is COC(=O)N[C@H](C(=O)N1CCC[C@H]1c1ncc(-c2ccc(-c3ccc(-c4cnc([C@@H]5C6CCC(C6)C5C(=O)NCc5ccncc5)[nH]4)cc3)cc2)[nH]1)[C@@H](C)OC. The zero-order valence-corrected chi connectivity index (χ0v) is 31.9. The molecule has 2 aliphatic carbocycles. The number of carbonyl (C=O) groups excluding carboxylic acids is 3. The summed E-state index contributed by atoms with van der Waals surface area (Å²) in [4.78, 5) is 61.5. The predicted octanol–water partition coefficient (Wildman–Crippen LogP) is 6.40. The molecule has 8 rings (SSSR count). The number of aromatic amines is 2. The number of fused-ring (bicyclic) bond motifs is 2. The summed E-state index contributed by atoms with van der Waals surface area (Å²) >= 11 is 0. The third kappa shape index (κ3) is 7.43. The Labute approximate surface area is 326 Å². The van der Waals surface area contributed by atoms with Crippen LogP contribution in [-0.2, 0) is 25.6 Å². The van der Waals surface area contributed by atoms with Crippen LogP contribution in [0.2, 0.25) is 0 Å². The number of alkyl carbamates (subject to hydrolysis) is 1. The maximum Gasteiger partial charge on any atom is 0.407 e. The molecule has 13 nitrogen and oxygen atoms in total. The Morgan fingerprint density at radius 2 is 1.43 bits per heavy atom. The maximum atomic E-state index is 13.6. The van der Waals surface area contributed by atoms with E-state index in [1.54, 1.807) is 30.4 Å². The third-order valence-electron chi connectivity index (χ3n) is 12.1. The van der Waals surface area contributed by atoms with Gasteiger partial charge in [-0.25, -0.2) is 14.8 Å². The molecule has 3 aromatic heterocycles. The molecule has 0 spiro atoms. The van der Waals surface area contributed by atoms with Gasteiger partial charge in [0.05, 0.1) is 49.0 Å². The maximum absolute atomic E-state index is 13.6. The molecule has 3 unspecified atom stereocenters. The van der Waals surface area contributed by atoms with Gasteiger partial charge in [-0.1, -0.05) is 48.5 Å². The summed E-state index contributed by atoms with van der Waals surface area (Å²) in [6, 6.07) is 19.5. The molecule has 2 saturated carbocycles. The van der Waals surface area contributed by atoms with Gasteiger partial charge in [-0.3, -0.25) is 14.6 Å². The van der Waals surface area contributed by atoms with Gasteiger partial charge in [0.1, 0.15) is 17.7 Å². The monoisotopic (exact) mass is 756 g/mol. The molecule has 5 aromatic rings. The molecule has 2 bridgehead atoms. The van der Waals surface area contributed by atoms with Crippen LogP contribution in [0.3, 0.4) is 0 Å². The zero-order valence-electron chi connectivity index (χ0n) is 31.9. The van der Waals surface area contributed by atoms with E-state index in [2.05, 4.69) is 79.1 Å². The number of pyridine rings is 1. The minimum atomic E-state index is -0.885. The fourth-order valence-corrected chi connectivity index (χ4v) is 9.05. The van der Waals surface area contributed by atoms with E-state index in [1.165, 1.54) is 14.2 Å². The van der Waals surface area contributed by atoms with Crippen molar-refractivity contribution in [2.75, 3.05) is 20.8 Å². The highest BCUT2D eigenvalue weighted by atomic mass is 16.5. The number of methoxy groups -OCH3 is 2. The molecule has 4 heterocycles. The van der Waals surface area contributed by atoms with Gasteiger partial charge >= 0.3 is 6.09 Å². The van der Waals surface area contributed by atoms with Gasteiger partial charge in [-0.15, -0.1) is 0 Å². The van der Waals surface area contributed by atoms with E-state index in [1.807, 2.05) is 18.3 Å². The first-order valence-corrected chi connectivity index (χ1v) is 19.5. The van der Waals surface area contributed by atoms with Crippen LogP contribution in [0.25, 0.3) is 33.6 Å². The molecular formula is C43H48N8O5. The molecule has 290 valence electrons. The molecule has 3 fully saturated rings. The smallest absolute Gasteiger partial charge is 0.407 e. The van der Waals surface area contributed by atoms with Crippen LogP contribution >= 0.6 is 0 Å². The molecule has 4 N–H and O–H groups in total. The Balaban J connectivity index is 0.918. The van der Waals surface area contributed by atoms with Crippen LogP contribution in [0.15, 0.2) is 85.5 Å². The van der Waals surface area contributed by atoms with Crippen molar-refractivity contribution in [2.45, 2.75) is 69.7 Å². The highest BCUT2D eigenvalue weighted by molar-refractivity contribution is 5.87. The summed E-state index contributed by atoms with van der Waals surface area (Å²) < 4.78 is 10.2. The fraction of sp³-hybridized carbons (Fsp3) is 0.395.